The lowest BCUT2D eigenvalue weighted by Crippen LogP contribution is -2.50. The van der Waals surface area contributed by atoms with Crippen LogP contribution in [0.4, 0.5) is 0 Å². The van der Waals surface area contributed by atoms with Crippen LogP contribution in [-0.2, 0) is 4.79 Å². The lowest BCUT2D eigenvalue weighted by atomic mass is 10.1. The van der Waals surface area contributed by atoms with E-state index in [1.807, 2.05) is 37.3 Å². The molecule has 1 aliphatic rings. The molecule has 2 aromatic rings. The second-order valence-electron chi connectivity index (χ2n) is 5.85. The summed E-state index contributed by atoms with van der Waals surface area (Å²) in [6, 6.07) is 14.6. The smallest absolute Gasteiger partial charge is 0.267 e. The molecule has 0 spiro atoms. The minimum atomic E-state index is -0.680. The van der Waals surface area contributed by atoms with Crippen LogP contribution >= 0.6 is 11.6 Å². The molecule has 0 saturated carbocycles. The first kappa shape index (κ1) is 17.4. The number of likely N-dealkylation sites (N-methyl/N-ethyl adjacent to an activating group) is 1. The van der Waals surface area contributed by atoms with E-state index in [1.54, 1.807) is 30.1 Å². The topological polar surface area (TPSA) is 48.0 Å². The Balaban J connectivity index is 1.56. The van der Waals surface area contributed by atoms with Gasteiger partial charge in [0.25, 0.3) is 5.91 Å². The highest BCUT2D eigenvalue weighted by molar-refractivity contribution is 6.32. The van der Waals surface area contributed by atoms with Crippen molar-refractivity contribution in [2.24, 2.45) is 0 Å². The van der Waals surface area contributed by atoms with Crippen molar-refractivity contribution in [2.45, 2.75) is 19.1 Å². The van der Waals surface area contributed by atoms with Gasteiger partial charge in [0.15, 0.2) is 11.5 Å². The molecule has 1 heterocycles. The lowest BCUT2D eigenvalue weighted by molar-refractivity contribution is -0.143. The molecule has 0 radical (unpaired) electrons. The van der Waals surface area contributed by atoms with Crippen LogP contribution in [0.3, 0.4) is 0 Å². The Morgan fingerprint density at radius 1 is 1.12 bits per heavy atom. The highest BCUT2D eigenvalue weighted by Crippen LogP contribution is 2.33. The third-order valence-corrected chi connectivity index (χ3v) is 4.30. The number of rotatable bonds is 5. The maximum absolute atomic E-state index is 12.7. The number of nitrogens with zero attached hydrogens (tertiary/aromatic N) is 1. The van der Waals surface area contributed by atoms with Gasteiger partial charge in [-0.1, -0.05) is 35.9 Å². The van der Waals surface area contributed by atoms with Gasteiger partial charge in [-0.05, 0) is 31.2 Å². The molecule has 2 atom stereocenters. The van der Waals surface area contributed by atoms with Gasteiger partial charge in [0.2, 0.25) is 6.10 Å². The van der Waals surface area contributed by atoms with E-state index < -0.39 is 6.10 Å². The molecule has 0 saturated heterocycles. The molecular formula is C19H20ClNO4. The van der Waals surface area contributed by atoms with Crippen LogP contribution in [0, 0.1) is 0 Å². The molecule has 1 amide bonds. The average molecular weight is 362 g/mol. The zero-order valence-electron chi connectivity index (χ0n) is 14.1. The van der Waals surface area contributed by atoms with Crippen molar-refractivity contribution in [3.05, 3.63) is 53.6 Å². The normalized spacial score (nSPS) is 18.5. The van der Waals surface area contributed by atoms with Crippen molar-refractivity contribution in [3.63, 3.8) is 0 Å². The molecule has 0 aromatic heterocycles. The fourth-order valence-corrected chi connectivity index (χ4v) is 2.76. The summed E-state index contributed by atoms with van der Waals surface area (Å²) in [4.78, 5) is 14.2. The van der Waals surface area contributed by atoms with Crippen LogP contribution in [0.1, 0.15) is 6.92 Å². The van der Waals surface area contributed by atoms with Crippen molar-refractivity contribution in [1.29, 1.82) is 0 Å². The highest BCUT2D eigenvalue weighted by Gasteiger charge is 2.35. The molecule has 5 nitrogen and oxygen atoms in total. The van der Waals surface area contributed by atoms with Gasteiger partial charge in [-0.25, -0.2) is 0 Å². The van der Waals surface area contributed by atoms with Crippen molar-refractivity contribution in [2.75, 3.05) is 20.2 Å². The predicted molar refractivity (Wildman–Crippen MR) is 95.5 cm³/mol. The molecule has 1 aliphatic heterocycles. The van der Waals surface area contributed by atoms with Gasteiger partial charge in [-0.15, -0.1) is 0 Å². The summed E-state index contributed by atoms with van der Waals surface area (Å²) in [5.74, 6) is 1.69. The molecule has 3 rings (SSSR count). The Bertz CT molecular complexity index is 752. The Kier molecular flexibility index (Phi) is 5.34. The number of carbonyl (C=O) groups is 1. The third kappa shape index (κ3) is 3.99. The second kappa shape index (κ2) is 7.66. The highest BCUT2D eigenvalue weighted by atomic mass is 35.5. The van der Waals surface area contributed by atoms with Crippen molar-refractivity contribution < 1.29 is 19.0 Å². The van der Waals surface area contributed by atoms with E-state index in [9.17, 15) is 4.79 Å². The first-order valence-electron chi connectivity index (χ1n) is 8.11. The van der Waals surface area contributed by atoms with Crippen LogP contribution < -0.4 is 14.2 Å². The van der Waals surface area contributed by atoms with E-state index in [-0.39, 0.29) is 12.0 Å². The number of ether oxygens (including phenoxy) is 3. The van der Waals surface area contributed by atoms with Crippen LogP contribution in [0.5, 0.6) is 17.2 Å². The fraction of sp³-hybridized carbons (Fsp3) is 0.316. The van der Waals surface area contributed by atoms with Gasteiger partial charge in [-0.2, -0.15) is 0 Å². The molecule has 0 aliphatic carbocycles. The Hall–Kier alpha value is -2.40. The first-order valence-corrected chi connectivity index (χ1v) is 8.48. The molecule has 6 heteroatoms. The molecule has 0 bridgehead atoms. The van der Waals surface area contributed by atoms with E-state index in [0.29, 0.717) is 35.4 Å². The number of amides is 1. The Morgan fingerprint density at radius 2 is 1.76 bits per heavy atom. The van der Waals surface area contributed by atoms with E-state index >= 15 is 0 Å². The Labute approximate surface area is 152 Å². The van der Waals surface area contributed by atoms with Gasteiger partial charge in [0, 0.05) is 7.05 Å². The van der Waals surface area contributed by atoms with Gasteiger partial charge in [0.1, 0.15) is 18.5 Å². The van der Waals surface area contributed by atoms with E-state index in [0.717, 1.165) is 0 Å². The minimum absolute atomic E-state index is 0.148. The third-order valence-electron chi connectivity index (χ3n) is 3.98. The summed E-state index contributed by atoms with van der Waals surface area (Å²) in [5.41, 5.74) is 0. The average Bonchev–Trinajstić information content (AvgIpc) is 2.62. The summed E-state index contributed by atoms with van der Waals surface area (Å²) >= 11 is 6.05. The van der Waals surface area contributed by atoms with Gasteiger partial charge >= 0.3 is 0 Å². The number of para-hydroxylation sites is 3. The number of benzene rings is 2. The summed E-state index contributed by atoms with van der Waals surface area (Å²) in [5, 5.41) is 0.547. The zero-order valence-corrected chi connectivity index (χ0v) is 14.9. The summed E-state index contributed by atoms with van der Waals surface area (Å²) in [6.45, 7) is 2.58. The van der Waals surface area contributed by atoms with Crippen LogP contribution in [0.15, 0.2) is 48.5 Å². The SMILES string of the molecule is C[C@H]1Oc2ccccc2O[C@@H]1C(=O)N(C)CCOc1ccccc1Cl. The van der Waals surface area contributed by atoms with Crippen LogP contribution in [-0.4, -0.2) is 43.2 Å². The molecule has 0 unspecified atom stereocenters. The standard InChI is InChI=1S/C19H20ClNO4/c1-13-18(25-17-10-6-5-9-16(17)24-13)19(22)21(2)11-12-23-15-8-4-3-7-14(15)20/h3-10,13,18H,11-12H2,1-2H3/t13-,18+/m1/s1. The maximum atomic E-state index is 12.7. The molecular weight excluding hydrogens is 342 g/mol. The van der Waals surface area contributed by atoms with Gasteiger partial charge in [-0.3, -0.25) is 4.79 Å². The molecule has 132 valence electrons. The van der Waals surface area contributed by atoms with Crippen molar-refractivity contribution in [1.82, 2.24) is 4.90 Å². The fourth-order valence-electron chi connectivity index (χ4n) is 2.57. The Morgan fingerprint density at radius 3 is 2.48 bits per heavy atom. The molecule has 25 heavy (non-hydrogen) atoms. The monoisotopic (exact) mass is 361 g/mol. The van der Waals surface area contributed by atoms with E-state index in [4.69, 9.17) is 25.8 Å². The number of fused-ring (bicyclic) bond motifs is 1. The van der Waals surface area contributed by atoms with Crippen LogP contribution in [0.25, 0.3) is 0 Å². The van der Waals surface area contributed by atoms with Crippen LogP contribution in [0.2, 0.25) is 5.02 Å². The van der Waals surface area contributed by atoms with Gasteiger partial charge < -0.3 is 19.1 Å². The quantitative estimate of drug-likeness (QED) is 0.818. The molecule has 2 aromatic carbocycles. The number of carbonyl (C=O) groups excluding carboxylic acids is 1. The van der Waals surface area contributed by atoms with Crippen molar-refractivity contribution in [3.8, 4) is 17.2 Å². The van der Waals surface area contributed by atoms with E-state index in [1.165, 1.54) is 0 Å². The van der Waals surface area contributed by atoms with Gasteiger partial charge in [0.05, 0.1) is 11.6 Å². The van der Waals surface area contributed by atoms with E-state index in [2.05, 4.69) is 0 Å². The number of hydrogen-bond acceptors (Lipinski definition) is 4. The second-order valence-corrected chi connectivity index (χ2v) is 6.25. The van der Waals surface area contributed by atoms with Crippen molar-refractivity contribution >= 4 is 17.5 Å². The first-order chi connectivity index (χ1) is 12.1. The minimum Gasteiger partial charge on any atom is -0.490 e. The molecule has 0 N–H and O–H groups in total. The maximum Gasteiger partial charge on any atom is 0.267 e. The lowest BCUT2D eigenvalue weighted by Gasteiger charge is -2.33. The molecule has 0 fully saturated rings. The summed E-state index contributed by atoms with van der Waals surface area (Å²) in [7, 11) is 1.72. The number of halogens is 1. The number of hydrogen-bond donors (Lipinski definition) is 0. The summed E-state index contributed by atoms with van der Waals surface area (Å²) < 4.78 is 17.2. The zero-order chi connectivity index (χ0) is 17.8. The predicted octanol–water partition coefficient (Wildman–Crippen LogP) is 3.41. The summed E-state index contributed by atoms with van der Waals surface area (Å²) in [6.07, 6.45) is -1.05. The largest absolute Gasteiger partial charge is 0.490 e.